The third kappa shape index (κ3) is 3.23. The van der Waals surface area contributed by atoms with Gasteiger partial charge in [0.15, 0.2) is 0 Å². The topological polar surface area (TPSA) is 49.0 Å². The minimum Gasteiger partial charge on any atom is -0.323 e. The van der Waals surface area contributed by atoms with Crippen LogP contribution in [-0.2, 0) is 0 Å². The fraction of sp³-hybridized carbons (Fsp3) is 0.333. The van der Waals surface area contributed by atoms with Gasteiger partial charge in [0.1, 0.15) is 5.69 Å². The Morgan fingerprint density at radius 3 is 2.47 bits per heavy atom. The van der Waals surface area contributed by atoms with E-state index in [4.69, 9.17) is 23.2 Å². The molecule has 1 fully saturated rings. The van der Waals surface area contributed by atoms with Crippen molar-refractivity contribution in [2.24, 2.45) is 0 Å². The highest BCUT2D eigenvalue weighted by Crippen LogP contribution is 2.47. The summed E-state index contributed by atoms with van der Waals surface area (Å²) in [5.74, 6) is 0.0128. The summed E-state index contributed by atoms with van der Waals surface area (Å²) in [4.78, 5) is 15.6. The summed E-state index contributed by atoms with van der Waals surface area (Å²) in [6.45, 7) is 2.06. The lowest BCUT2D eigenvalue weighted by Crippen LogP contribution is -2.40. The van der Waals surface area contributed by atoms with Gasteiger partial charge < -0.3 is 4.90 Å². The quantitative estimate of drug-likeness (QED) is 0.501. The SMILES string of the molecule is Cc1ccc(-c2n[nH]c3c2C(c2ccc(Cl)cc2Cl)N(C2CCCCC2)C3=O)cc1. The Hall–Kier alpha value is -2.30. The van der Waals surface area contributed by atoms with Crippen molar-refractivity contribution in [1.82, 2.24) is 15.1 Å². The highest BCUT2D eigenvalue weighted by atomic mass is 35.5. The first kappa shape index (κ1) is 19.7. The molecule has 5 rings (SSSR count). The zero-order valence-electron chi connectivity index (χ0n) is 16.8. The number of aryl methyl sites for hydroxylation is 1. The Labute approximate surface area is 186 Å². The predicted molar refractivity (Wildman–Crippen MR) is 120 cm³/mol. The lowest BCUT2D eigenvalue weighted by Gasteiger charge is -2.36. The average Bonchev–Trinajstić information content (AvgIpc) is 3.29. The Balaban J connectivity index is 1.68. The van der Waals surface area contributed by atoms with E-state index in [0.717, 1.165) is 48.1 Å². The maximum atomic E-state index is 13.5. The Kier molecular flexibility index (Phi) is 5.08. The second-order valence-corrected chi connectivity index (χ2v) is 9.14. The molecule has 1 amide bonds. The molecule has 0 bridgehead atoms. The number of rotatable bonds is 3. The highest BCUT2D eigenvalue weighted by Gasteiger charge is 2.46. The second-order valence-electron chi connectivity index (χ2n) is 8.30. The molecule has 1 saturated carbocycles. The molecular formula is C24H23Cl2N3O. The van der Waals surface area contributed by atoms with Crippen LogP contribution in [0.5, 0.6) is 0 Å². The summed E-state index contributed by atoms with van der Waals surface area (Å²) in [5, 5.41) is 8.75. The van der Waals surface area contributed by atoms with Gasteiger partial charge in [0.25, 0.3) is 5.91 Å². The molecule has 1 aliphatic carbocycles. The second kappa shape index (κ2) is 7.75. The fourth-order valence-electron chi connectivity index (χ4n) is 4.86. The van der Waals surface area contributed by atoms with Crippen LogP contribution in [0.1, 0.15) is 65.3 Å². The number of carbonyl (C=O) groups excluding carboxylic acids is 1. The molecule has 3 aromatic rings. The van der Waals surface area contributed by atoms with E-state index < -0.39 is 0 Å². The predicted octanol–water partition coefficient (Wildman–Crippen LogP) is 6.57. The van der Waals surface area contributed by atoms with E-state index in [2.05, 4.69) is 41.4 Å². The van der Waals surface area contributed by atoms with E-state index in [9.17, 15) is 4.79 Å². The van der Waals surface area contributed by atoms with Gasteiger partial charge >= 0.3 is 0 Å². The molecule has 1 N–H and O–H groups in total. The smallest absolute Gasteiger partial charge is 0.273 e. The first-order valence-corrected chi connectivity index (χ1v) is 11.2. The molecule has 2 heterocycles. The lowest BCUT2D eigenvalue weighted by molar-refractivity contribution is 0.0606. The molecule has 1 aliphatic heterocycles. The van der Waals surface area contributed by atoms with Gasteiger partial charge in [0.05, 0.1) is 11.7 Å². The zero-order valence-corrected chi connectivity index (χ0v) is 18.3. The number of nitrogens with zero attached hydrogens (tertiary/aromatic N) is 2. The van der Waals surface area contributed by atoms with Crippen LogP contribution in [0.2, 0.25) is 10.0 Å². The number of H-pyrrole nitrogens is 1. The number of aromatic nitrogens is 2. The number of aromatic amines is 1. The number of fused-ring (bicyclic) bond motifs is 1. The van der Waals surface area contributed by atoms with Crippen LogP contribution in [-0.4, -0.2) is 27.0 Å². The van der Waals surface area contributed by atoms with E-state index in [1.165, 1.54) is 12.0 Å². The standard InChI is InChI=1S/C24H23Cl2N3O/c1-14-7-9-15(10-8-14)21-20-22(28-27-21)24(30)29(17-5-3-2-4-6-17)23(20)18-12-11-16(25)13-19(18)26/h7-13,17,23H,2-6H2,1H3,(H,27,28). The average molecular weight is 440 g/mol. The molecule has 6 heteroatoms. The fourth-order valence-corrected chi connectivity index (χ4v) is 5.37. The van der Waals surface area contributed by atoms with Crippen LogP contribution in [0, 0.1) is 6.92 Å². The van der Waals surface area contributed by atoms with Gasteiger partial charge in [0, 0.05) is 27.2 Å². The van der Waals surface area contributed by atoms with Crippen molar-refractivity contribution in [3.8, 4) is 11.3 Å². The van der Waals surface area contributed by atoms with Crippen LogP contribution in [0.3, 0.4) is 0 Å². The van der Waals surface area contributed by atoms with E-state index in [1.54, 1.807) is 6.07 Å². The van der Waals surface area contributed by atoms with Crippen LogP contribution >= 0.6 is 23.2 Å². The van der Waals surface area contributed by atoms with Gasteiger partial charge in [-0.2, -0.15) is 5.10 Å². The summed E-state index contributed by atoms with van der Waals surface area (Å²) in [6.07, 6.45) is 5.56. The first-order valence-electron chi connectivity index (χ1n) is 10.5. The third-order valence-corrected chi connectivity index (χ3v) is 6.92. The van der Waals surface area contributed by atoms with E-state index >= 15 is 0 Å². The van der Waals surface area contributed by atoms with Crippen LogP contribution in [0.25, 0.3) is 11.3 Å². The van der Waals surface area contributed by atoms with Crippen molar-refractivity contribution in [2.45, 2.75) is 51.1 Å². The molecule has 1 aromatic heterocycles. The van der Waals surface area contributed by atoms with Gasteiger partial charge in [-0.15, -0.1) is 0 Å². The number of hydrogen-bond donors (Lipinski definition) is 1. The monoisotopic (exact) mass is 439 g/mol. The Morgan fingerprint density at radius 1 is 1.03 bits per heavy atom. The molecule has 1 unspecified atom stereocenters. The van der Waals surface area contributed by atoms with Gasteiger partial charge in [0.2, 0.25) is 0 Å². The Bertz CT molecular complexity index is 1100. The number of nitrogens with one attached hydrogen (secondary N) is 1. The first-order chi connectivity index (χ1) is 14.5. The summed E-state index contributed by atoms with van der Waals surface area (Å²) < 4.78 is 0. The van der Waals surface area contributed by atoms with Crippen molar-refractivity contribution in [2.75, 3.05) is 0 Å². The van der Waals surface area contributed by atoms with Crippen molar-refractivity contribution >= 4 is 29.1 Å². The third-order valence-electron chi connectivity index (χ3n) is 6.35. The van der Waals surface area contributed by atoms with Crippen molar-refractivity contribution in [3.63, 3.8) is 0 Å². The van der Waals surface area contributed by atoms with E-state index in [0.29, 0.717) is 15.7 Å². The molecule has 0 radical (unpaired) electrons. The van der Waals surface area contributed by atoms with Crippen molar-refractivity contribution in [3.05, 3.63) is 74.9 Å². The largest absolute Gasteiger partial charge is 0.323 e. The molecule has 4 nitrogen and oxygen atoms in total. The molecule has 2 aliphatic rings. The normalized spacial score (nSPS) is 19.4. The summed E-state index contributed by atoms with van der Waals surface area (Å²) in [6, 6.07) is 13.7. The van der Waals surface area contributed by atoms with Crippen LogP contribution in [0.4, 0.5) is 0 Å². The molecular weight excluding hydrogens is 417 g/mol. The van der Waals surface area contributed by atoms with E-state index in [1.807, 2.05) is 17.0 Å². The van der Waals surface area contributed by atoms with E-state index in [-0.39, 0.29) is 18.0 Å². The van der Waals surface area contributed by atoms with Gasteiger partial charge in [-0.05, 0) is 37.5 Å². The summed E-state index contributed by atoms with van der Waals surface area (Å²) in [5.41, 5.74) is 5.38. The Morgan fingerprint density at radius 2 is 1.77 bits per heavy atom. The van der Waals surface area contributed by atoms with Crippen molar-refractivity contribution in [1.29, 1.82) is 0 Å². The highest BCUT2D eigenvalue weighted by molar-refractivity contribution is 6.35. The van der Waals surface area contributed by atoms with Crippen molar-refractivity contribution < 1.29 is 4.79 Å². The number of carbonyl (C=O) groups is 1. The van der Waals surface area contributed by atoms with Gasteiger partial charge in [-0.25, -0.2) is 0 Å². The number of halogens is 2. The molecule has 0 saturated heterocycles. The number of hydrogen-bond acceptors (Lipinski definition) is 2. The number of amides is 1. The summed E-state index contributed by atoms with van der Waals surface area (Å²) >= 11 is 12.8. The minimum atomic E-state index is -0.268. The maximum absolute atomic E-state index is 13.5. The molecule has 30 heavy (non-hydrogen) atoms. The lowest BCUT2D eigenvalue weighted by atomic mass is 9.91. The molecule has 0 spiro atoms. The molecule has 154 valence electrons. The van der Waals surface area contributed by atoms with Gasteiger partial charge in [-0.3, -0.25) is 9.89 Å². The molecule has 1 atom stereocenters. The molecule has 2 aromatic carbocycles. The number of benzene rings is 2. The maximum Gasteiger partial charge on any atom is 0.273 e. The summed E-state index contributed by atoms with van der Waals surface area (Å²) in [7, 11) is 0. The van der Waals surface area contributed by atoms with Gasteiger partial charge in [-0.1, -0.05) is 78.4 Å². The van der Waals surface area contributed by atoms with Crippen LogP contribution < -0.4 is 0 Å². The van der Waals surface area contributed by atoms with Crippen LogP contribution in [0.15, 0.2) is 42.5 Å². The zero-order chi connectivity index (χ0) is 20.8. The minimum absolute atomic E-state index is 0.0128.